The van der Waals surface area contributed by atoms with Crippen molar-refractivity contribution in [1.29, 1.82) is 5.26 Å². The fraction of sp³-hybridized carbons (Fsp3) is 0.0714. The quantitative estimate of drug-likeness (QED) is 0.863. The topological polar surface area (TPSA) is 59.0 Å². The van der Waals surface area contributed by atoms with Crippen LogP contribution < -0.4 is 10.5 Å². The third kappa shape index (κ3) is 2.80. The molecule has 3 nitrogen and oxygen atoms in total. The number of nitriles is 1. The first kappa shape index (κ1) is 12.8. The summed E-state index contributed by atoms with van der Waals surface area (Å²) >= 11 is 0. The molecule has 19 heavy (non-hydrogen) atoms. The minimum Gasteiger partial charge on any atom is -0.486 e. The fourth-order valence-corrected chi connectivity index (χ4v) is 1.55. The van der Waals surface area contributed by atoms with Gasteiger partial charge in [-0.2, -0.15) is 5.26 Å². The Morgan fingerprint density at radius 1 is 1.21 bits per heavy atom. The van der Waals surface area contributed by atoms with Gasteiger partial charge in [0.2, 0.25) is 0 Å². The van der Waals surface area contributed by atoms with Crippen LogP contribution in [0.2, 0.25) is 0 Å². The fourth-order valence-electron chi connectivity index (χ4n) is 1.55. The van der Waals surface area contributed by atoms with Gasteiger partial charge >= 0.3 is 0 Å². The molecule has 0 bridgehead atoms. The third-order valence-corrected chi connectivity index (χ3v) is 2.55. The van der Waals surface area contributed by atoms with Gasteiger partial charge in [-0.05, 0) is 24.3 Å². The second-order valence-electron chi connectivity index (χ2n) is 3.87. The van der Waals surface area contributed by atoms with E-state index in [-0.39, 0.29) is 29.2 Å². The first-order valence-electron chi connectivity index (χ1n) is 5.47. The molecule has 0 radical (unpaired) electrons. The molecule has 0 saturated carbocycles. The van der Waals surface area contributed by atoms with Crippen LogP contribution in [0.4, 0.5) is 14.5 Å². The normalized spacial score (nSPS) is 9.95. The second kappa shape index (κ2) is 5.36. The van der Waals surface area contributed by atoms with Crippen LogP contribution in [0.3, 0.4) is 0 Å². The van der Waals surface area contributed by atoms with Crippen molar-refractivity contribution in [1.82, 2.24) is 0 Å². The summed E-state index contributed by atoms with van der Waals surface area (Å²) < 4.78 is 32.3. The zero-order valence-electron chi connectivity index (χ0n) is 9.86. The highest BCUT2D eigenvalue weighted by Gasteiger charge is 2.09. The van der Waals surface area contributed by atoms with E-state index >= 15 is 0 Å². The van der Waals surface area contributed by atoms with Gasteiger partial charge in [0.25, 0.3) is 0 Å². The molecule has 0 aliphatic rings. The van der Waals surface area contributed by atoms with Crippen LogP contribution in [0.25, 0.3) is 0 Å². The van der Waals surface area contributed by atoms with Crippen LogP contribution in [-0.2, 0) is 6.61 Å². The maximum Gasteiger partial charge on any atom is 0.166 e. The van der Waals surface area contributed by atoms with E-state index in [4.69, 9.17) is 15.7 Å². The van der Waals surface area contributed by atoms with Crippen LogP contribution >= 0.6 is 0 Å². The summed E-state index contributed by atoms with van der Waals surface area (Å²) in [5.41, 5.74) is 5.87. The van der Waals surface area contributed by atoms with E-state index in [1.54, 1.807) is 6.07 Å². The molecule has 0 fully saturated rings. The van der Waals surface area contributed by atoms with Crippen LogP contribution in [0, 0.1) is 23.0 Å². The summed E-state index contributed by atoms with van der Waals surface area (Å²) in [4.78, 5) is 0. The molecule has 0 heterocycles. The largest absolute Gasteiger partial charge is 0.486 e. The van der Waals surface area contributed by atoms with Crippen LogP contribution in [-0.4, -0.2) is 0 Å². The van der Waals surface area contributed by atoms with Gasteiger partial charge in [0.1, 0.15) is 6.61 Å². The van der Waals surface area contributed by atoms with Crippen molar-refractivity contribution in [2.75, 3.05) is 5.73 Å². The number of nitrogen functional groups attached to an aromatic ring is 1. The van der Waals surface area contributed by atoms with E-state index in [9.17, 15) is 8.78 Å². The van der Waals surface area contributed by atoms with E-state index in [1.165, 1.54) is 24.3 Å². The molecular formula is C14H10F2N2O. The van der Waals surface area contributed by atoms with E-state index in [0.717, 1.165) is 6.07 Å². The van der Waals surface area contributed by atoms with Gasteiger partial charge in [0.15, 0.2) is 17.4 Å². The van der Waals surface area contributed by atoms with Gasteiger partial charge in [0.05, 0.1) is 17.3 Å². The van der Waals surface area contributed by atoms with Gasteiger partial charge < -0.3 is 10.5 Å². The summed E-state index contributed by atoms with van der Waals surface area (Å²) in [7, 11) is 0. The van der Waals surface area contributed by atoms with Gasteiger partial charge in [-0.25, -0.2) is 8.78 Å². The van der Waals surface area contributed by atoms with Crippen LogP contribution in [0.15, 0.2) is 36.4 Å². The van der Waals surface area contributed by atoms with Crippen molar-refractivity contribution < 1.29 is 13.5 Å². The summed E-state index contributed by atoms with van der Waals surface area (Å²) in [6.45, 7) is -0.139. The molecule has 0 atom stereocenters. The van der Waals surface area contributed by atoms with E-state index in [0.29, 0.717) is 0 Å². The third-order valence-electron chi connectivity index (χ3n) is 2.55. The van der Waals surface area contributed by atoms with Crippen LogP contribution in [0.1, 0.15) is 11.1 Å². The van der Waals surface area contributed by atoms with Gasteiger partial charge in [-0.15, -0.1) is 0 Å². The lowest BCUT2D eigenvalue weighted by Gasteiger charge is -2.09. The molecule has 2 aromatic carbocycles. The monoisotopic (exact) mass is 260 g/mol. The predicted molar refractivity (Wildman–Crippen MR) is 66.3 cm³/mol. The average Bonchev–Trinajstić information content (AvgIpc) is 2.41. The number of hydrogen-bond acceptors (Lipinski definition) is 3. The van der Waals surface area contributed by atoms with Gasteiger partial charge in [0, 0.05) is 5.56 Å². The number of halogens is 2. The Morgan fingerprint density at radius 3 is 2.68 bits per heavy atom. The van der Waals surface area contributed by atoms with Crippen molar-refractivity contribution in [3.05, 3.63) is 59.2 Å². The Morgan fingerprint density at radius 2 is 2.00 bits per heavy atom. The average molecular weight is 260 g/mol. The molecule has 0 aliphatic carbocycles. The highest BCUT2D eigenvalue weighted by molar-refractivity contribution is 5.43. The molecule has 2 aromatic rings. The molecule has 2 rings (SSSR count). The number of rotatable bonds is 3. The number of ether oxygens (including phenoxy) is 1. The molecule has 0 aromatic heterocycles. The van der Waals surface area contributed by atoms with E-state index in [2.05, 4.69) is 0 Å². The van der Waals surface area contributed by atoms with Crippen molar-refractivity contribution in [2.24, 2.45) is 0 Å². The van der Waals surface area contributed by atoms with Crippen molar-refractivity contribution >= 4 is 5.69 Å². The molecule has 2 N–H and O–H groups in total. The molecule has 5 heteroatoms. The summed E-state index contributed by atoms with van der Waals surface area (Å²) in [5.74, 6) is -1.28. The Labute approximate surface area is 108 Å². The predicted octanol–water partition coefficient (Wildman–Crippen LogP) is 3.00. The van der Waals surface area contributed by atoms with Gasteiger partial charge in [-0.1, -0.05) is 12.1 Å². The van der Waals surface area contributed by atoms with Crippen molar-refractivity contribution in [3.8, 4) is 11.8 Å². The minimum atomic E-state index is -0.664. The molecule has 0 unspecified atom stereocenters. The number of anilines is 1. The van der Waals surface area contributed by atoms with Crippen molar-refractivity contribution in [3.63, 3.8) is 0 Å². The van der Waals surface area contributed by atoms with E-state index in [1.807, 2.05) is 6.07 Å². The number of nitrogens with two attached hydrogens (primary N) is 1. The lowest BCUT2D eigenvalue weighted by atomic mass is 10.2. The minimum absolute atomic E-state index is 0.0152. The lowest BCUT2D eigenvalue weighted by molar-refractivity contribution is 0.285. The summed E-state index contributed by atoms with van der Waals surface area (Å²) in [6.07, 6.45) is 0. The number of nitrogens with zero attached hydrogens (tertiary/aromatic N) is 1. The van der Waals surface area contributed by atoms with E-state index < -0.39 is 11.6 Å². The Kier molecular flexibility index (Phi) is 3.62. The SMILES string of the molecule is N#Cc1ccc(OCc2cccc(N)c2F)c(F)c1. The molecule has 0 saturated heterocycles. The zero-order valence-corrected chi connectivity index (χ0v) is 9.86. The maximum atomic E-state index is 13.6. The number of benzene rings is 2. The molecular weight excluding hydrogens is 250 g/mol. The van der Waals surface area contributed by atoms with Crippen LogP contribution in [0.5, 0.6) is 5.75 Å². The van der Waals surface area contributed by atoms with Crippen molar-refractivity contribution in [2.45, 2.75) is 6.61 Å². The first-order chi connectivity index (χ1) is 9.11. The molecule has 96 valence electrons. The Balaban J connectivity index is 2.15. The molecule has 0 amide bonds. The first-order valence-corrected chi connectivity index (χ1v) is 5.47. The molecule has 0 aliphatic heterocycles. The summed E-state index contributed by atoms with van der Waals surface area (Å²) in [6, 6.07) is 10.2. The number of hydrogen-bond donors (Lipinski definition) is 1. The standard InChI is InChI=1S/C14H10F2N2O/c15-11-6-9(7-17)4-5-13(11)19-8-10-2-1-3-12(18)14(10)16/h1-6H,8,18H2. The zero-order chi connectivity index (χ0) is 13.8. The Hall–Kier alpha value is -2.61. The highest BCUT2D eigenvalue weighted by atomic mass is 19.1. The lowest BCUT2D eigenvalue weighted by Crippen LogP contribution is -2.02. The second-order valence-corrected chi connectivity index (χ2v) is 3.87. The smallest absolute Gasteiger partial charge is 0.166 e. The summed E-state index contributed by atoms with van der Waals surface area (Å²) in [5, 5.41) is 8.61. The Bertz CT molecular complexity index is 650. The molecule has 0 spiro atoms. The highest BCUT2D eigenvalue weighted by Crippen LogP contribution is 2.21. The maximum absolute atomic E-state index is 13.6. The van der Waals surface area contributed by atoms with Gasteiger partial charge in [-0.3, -0.25) is 0 Å².